The molecular formula is C24H33N3O4. The number of likely N-dealkylation sites (tertiary alicyclic amines) is 1. The van der Waals surface area contributed by atoms with Gasteiger partial charge in [-0.2, -0.15) is 0 Å². The van der Waals surface area contributed by atoms with Gasteiger partial charge in [-0.3, -0.25) is 14.4 Å². The highest BCUT2D eigenvalue weighted by Gasteiger charge is 2.34. The molecule has 1 atom stereocenters. The Kier molecular flexibility index (Phi) is 7.22. The summed E-state index contributed by atoms with van der Waals surface area (Å²) in [5, 5.41) is 0. The van der Waals surface area contributed by atoms with Crippen molar-refractivity contribution in [1.29, 1.82) is 0 Å². The third-order valence-corrected chi connectivity index (χ3v) is 6.78. The predicted molar refractivity (Wildman–Crippen MR) is 116 cm³/mol. The van der Waals surface area contributed by atoms with E-state index in [0.29, 0.717) is 52.3 Å². The van der Waals surface area contributed by atoms with Crippen LogP contribution in [0, 0.1) is 5.92 Å². The van der Waals surface area contributed by atoms with Crippen LogP contribution in [0.3, 0.4) is 0 Å². The van der Waals surface area contributed by atoms with E-state index in [1.807, 2.05) is 45.0 Å². The molecule has 3 amide bonds. The van der Waals surface area contributed by atoms with E-state index in [0.717, 1.165) is 32.1 Å². The SMILES string of the molecule is O=C(CCc1ccccc1)N1CCC(C(=O)N2CCN(C(=O)C3CCCO3)CC2)CC1. The zero-order valence-corrected chi connectivity index (χ0v) is 18.2. The summed E-state index contributed by atoms with van der Waals surface area (Å²) in [7, 11) is 0. The van der Waals surface area contributed by atoms with Gasteiger partial charge >= 0.3 is 0 Å². The number of amides is 3. The van der Waals surface area contributed by atoms with E-state index in [1.165, 1.54) is 5.56 Å². The summed E-state index contributed by atoms with van der Waals surface area (Å²) in [6.07, 6.45) is 4.20. The highest BCUT2D eigenvalue weighted by Crippen LogP contribution is 2.22. The van der Waals surface area contributed by atoms with Crippen molar-refractivity contribution in [3.63, 3.8) is 0 Å². The predicted octanol–water partition coefficient (Wildman–Crippen LogP) is 1.71. The van der Waals surface area contributed by atoms with E-state index in [4.69, 9.17) is 4.74 Å². The number of carbonyl (C=O) groups is 3. The molecule has 0 saturated carbocycles. The lowest BCUT2D eigenvalue weighted by atomic mass is 9.94. The van der Waals surface area contributed by atoms with Crippen molar-refractivity contribution in [2.24, 2.45) is 5.92 Å². The van der Waals surface area contributed by atoms with Crippen LogP contribution in [0.15, 0.2) is 30.3 Å². The molecule has 1 aromatic rings. The maximum atomic E-state index is 13.0. The summed E-state index contributed by atoms with van der Waals surface area (Å²) >= 11 is 0. The van der Waals surface area contributed by atoms with Gasteiger partial charge in [-0.25, -0.2) is 0 Å². The highest BCUT2D eigenvalue weighted by atomic mass is 16.5. The van der Waals surface area contributed by atoms with Crippen molar-refractivity contribution in [2.45, 2.75) is 44.6 Å². The summed E-state index contributed by atoms with van der Waals surface area (Å²) < 4.78 is 5.51. The van der Waals surface area contributed by atoms with Gasteiger partial charge < -0.3 is 19.4 Å². The van der Waals surface area contributed by atoms with E-state index in [-0.39, 0.29) is 29.7 Å². The van der Waals surface area contributed by atoms with Gasteiger partial charge in [0.25, 0.3) is 5.91 Å². The van der Waals surface area contributed by atoms with E-state index < -0.39 is 0 Å². The van der Waals surface area contributed by atoms with Gasteiger partial charge in [0.05, 0.1) is 0 Å². The molecule has 0 bridgehead atoms. The summed E-state index contributed by atoms with van der Waals surface area (Å²) in [5.74, 6) is 0.419. The molecule has 1 aromatic carbocycles. The second-order valence-corrected chi connectivity index (χ2v) is 8.79. The average Bonchev–Trinajstić information content (AvgIpc) is 3.37. The molecule has 0 aromatic heterocycles. The Morgan fingerprint density at radius 1 is 0.806 bits per heavy atom. The van der Waals surface area contributed by atoms with Crippen molar-refractivity contribution in [1.82, 2.24) is 14.7 Å². The Morgan fingerprint density at radius 2 is 1.45 bits per heavy atom. The van der Waals surface area contributed by atoms with Gasteiger partial charge in [0.1, 0.15) is 6.10 Å². The Hall–Kier alpha value is -2.41. The molecule has 7 heteroatoms. The fraction of sp³-hybridized carbons (Fsp3) is 0.625. The van der Waals surface area contributed by atoms with Crippen LogP contribution in [-0.2, 0) is 25.5 Å². The zero-order chi connectivity index (χ0) is 21.6. The van der Waals surface area contributed by atoms with Gasteiger partial charge in [0, 0.05) is 58.2 Å². The first-order chi connectivity index (χ1) is 15.1. The molecule has 3 saturated heterocycles. The Labute approximate surface area is 184 Å². The fourth-order valence-corrected chi connectivity index (χ4v) is 4.81. The van der Waals surface area contributed by atoms with Crippen LogP contribution >= 0.6 is 0 Å². The van der Waals surface area contributed by atoms with Crippen molar-refractivity contribution in [3.8, 4) is 0 Å². The molecule has 3 aliphatic heterocycles. The van der Waals surface area contributed by atoms with Crippen molar-refractivity contribution >= 4 is 17.7 Å². The van der Waals surface area contributed by atoms with Crippen LogP contribution in [0.1, 0.15) is 37.7 Å². The Bertz CT molecular complexity index is 762. The highest BCUT2D eigenvalue weighted by molar-refractivity contribution is 5.83. The number of hydrogen-bond acceptors (Lipinski definition) is 4. The van der Waals surface area contributed by atoms with Gasteiger partial charge in [-0.15, -0.1) is 0 Å². The van der Waals surface area contributed by atoms with Crippen LogP contribution < -0.4 is 0 Å². The topological polar surface area (TPSA) is 70.2 Å². The fourth-order valence-electron chi connectivity index (χ4n) is 4.81. The number of piperidine rings is 1. The lowest BCUT2D eigenvalue weighted by Gasteiger charge is -2.39. The van der Waals surface area contributed by atoms with E-state index in [2.05, 4.69) is 0 Å². The van der Waals surface area contributed by atoms with Gasteiger partial charge in [-0.05, 0) is 37.7 Å². The quantitative estimate of drug-likeness (QED) is 0.717. The first-order valence-electron chi connectivity index (χ1n) is 11.6. The average molecular weight is 428 g/mol. The second-order valence-electron chi connectivity index (χ2n) is 8.79. The molecular weight excluding hydrogens is 394 g/mol. The molecule has 3 heterocycles. The maximum absolute atomic E-state index is 13.0. The number of ether oxygens (including phenoxy) is 1. The van der Waals surface area contributed by atoms with Crippen molar-refractivity contribution < 1.29 is 19.1 Å². The number of carbonyl (C=O) groups excluding carboxylic acids is 3. The van der Waals surface area contributed by atoms with Crippen molar-refractivity contribution in [3.05, 3.63) is 35.9 Å². The van der Waals surface area contributed by atoms with Crippen molar-refractivity contribution in [2.75, 3.05) is 45.9 Å². The zero-order valence-electron chi connectivity index (χ0n) is 18.2. The molecule has 0 aliphatic carbocycles. The standard InChI is InChI=1S/C24H33N3O4/c28-22(9-8-19-5-2-1-3-6-19)25-12-10-20(11-13-25)23(29)26-14-16-27(17-15-26)24(30)21-7-4-18-31-21/h1-3,5-6,20-21H,4,7-18H2. The number of nitrogens with zero attached hydrogens (tertiary/aromatic N) is 3. The van der Waals surface area contributed by atoms with Crippen LogP contribution in [0.25, 0.3) is 0 Å². The third kappa shape index (κ3) is 5.45. The Balaban J connectivity index is 1.18. The summed E-state index contributed by atoms with van der Waals surface area (Å²) in [5.41, 5.74) is 1.18. The largest absolute Gasteiger partial charge is 0.368 e. The summed E-state index contributed by atoms with van der Waals surface area (Å²) in [6, 6.07) is 10.1. The van der Waals surface area contributed by atoms with Gasteiger partial charge in [-0.1, -0.05) is 30.3 Å². The summed E-state index contributed by atoms with van der Waals surface area (Å²) in [6.45, 7) is 4.33. The van der Waals surface area contributed by atoms with Crippen LogP contribution in [0.2, 0.25) is 0 Å². The van der Waals surface area contributed by atoms with Crippen LogP contribution in [-0.4, -0.2) is 84.4 Å². The minimum atomic E-state index is -0.286. The first kappa shape index (κ1) is 21.8. The molecule has 1 unspecified atom stereocenters. The first-order valence-corrected chi connectivity index (χ1v) is 11.6. The molecule has 0 N–H and O–H groups in total. The second kappa shape index (κ2) is 10.3. The van der Waals surface area contributed by atoms with Gasteiger partial charge in [0.2, 0.25) is 11.8 Å². The number of hydrogen-bond donors (Lipinski definition) is 0. The molecule has 7 nitrogen and oxygen atoms in total. The summed E-state index contributed by atoms with van der Waals surface area (Å²) in [4.78, 5) is 43.6. The monoisotopic (exact) mass is 427 g/mol. The third-order valence-electron chi connectivity index (χ3n) is 6.78. The van der Waals surface area contributed by atoms with E-state index in [1.54, 1.807) is 0 Å². The number of piperazine rings is 1. The maximum Gasteiger partial charge on any atom is 0.251 e. The molecule has 31 heavy (non-hydrogen) atoms. The molecule has 3 fully saturated rings. The number of benzene rings is 1. The minimum absolute atomic E-state index is 0.0152. The van der Waals surface area contributed by atoms with Gasteiger partial charge in [0.15, 0.2) is 0 Å². The lowest BCUT2D eigenvalue weighted by molar-refractivity contribution is -0.148. The van der Waals surface area contributed by atoms with E-state index >= 15 is 0 Å². The Morgan fingerprint density at radius 3 is 2.06 bits per heavy atom. The molecule has 3 aliphatic rings. The molecule has 0 radical (unpaired) electrons. The minimum Gasteiger partial charge on any atom is -0.368 e. The van der Waals surface area contributed by atoms with E-state index in [9.17, 15) is 14.4 Å². The number of rotatable bonds is 5. The van der Waals surface area contributed by atoms with Crippen LogP contribution in [0.4, 0.5) is 0 Å². The molecule has 168 valence electrons. The van der Waals surface area contributed by atoms with Crippen LogP contribution in [0.5, 0.6) is 0 Å². The molecule has 4 rings (SSSR count). The number of aryl methyl sites for hydroxylation is 1. The lowest BCUT2D eigenvalue weighted by Crippen LogP contribution is -2.54. The normalized spacial score (nSPS) is 22.6. The molecule has 0 spiro atoms. The smallest absolute Gasteiger partial charge is 0.251 e.